The molecule has 0 saturated heterocycles. The molecule has 0 bridgehead atoms. The first-order chi connectivity index (χ1) is 31.2. The summed E-state index contributed by atoms with van der Waals surface area (Å²) in [5.41, 5.74) is 22.7. The van der Waals surface area contributed by atoms with E-state index in [-0.39, 0.29) is 16.2 Å². The minimum absolute atomic E-state index is 0.0322. The van der Waals surface area contributed by atoms with Crippen LogP contribution in [0.3, 0.4) is 0 Å². The number of thiophene rings is 1. The molecule has 2 nitrogen and oxygen atoms in total. The van der Waals surface area contributed by atoms with E-state index in [4.69, 9.17) is 0 Å². The molecule has 65 heavy (non-hydrogen) atoms. The van der Waals surface area contributed by atoms with Crippen LogP contribution in [0.5, 0.6) is 0 Å². The van der Waals surface area contributed by atoms with Crippen LogP contribution in [0, 0.1) is 0 Å². The Hall–Kier alpha value is -6.62. The van der Waals surface area contributed by atoms with Gasteiger partial charge in [-0.1, -0.05) is 176 Å². The van der Waals surface area contributed by atoms with Crippen molar-refractivity contribution < 1.29 is 0 Å². The molecule has 10 aromatic rings. The molecule has 12 rings (SSSR count). The molecular weight excluding hydrogens is 804 g/mol. The minimum Gasteiger partial charge on any atom is -0.355 e. The summed E-state index contributed by atoms with van der Waals surface area (Å²) in [6.45, 7) is 18.6. The van der Waals surface area contributed by atoms with E-state index < -0.39 is 0 Å². The first-order valence-electron chi connectivity index (χ1n) is 23.1. The Morgan fingerprint density at radius 1 is 0.538 bits per heavy atom. The van der Waals surface area contributed by atoms with Crippen molar-refractivity contribution in [3.05, 3.63) is 186 Å². The van der Waals surface area contributed by atoms with E-state index in [2.05, 4.69) is 236 Å². The number of nitrogens with zero attached hydrogens (tertiary/aromatic N) is 1. The van der Waals surface area contributed by atoms with Crippen LogP contribution in [0.4, 0.5) is 11.4 Å². The Labute approximate surface area is 387 Å². The second-order valence-corrected chi connectivity index (χ2v) is 21.9. The normalized spacial score (nSPS) is 13.8. The average molecular weight is 856 g/mol. The van der Waals surface area contributed by atoms with Gasteiger partial charge in [0, 0.05) is 64.9 Å². The lowest BCUT2D eigenvalue weighted by molar-refractivity contribution is 0.590. The molecule has 0 saturated carbocycles. The van der Waals surface area contributed by atoms with Crippen LogP contribution in [0.15, 0.2) is 164 Å². The highest BCUT2D eigenvalue weighted by atomic mass is 32.1. The third kappa shape index (κ3) is 6.21. The van der Waals surface area contributed by atoms with Crippen molar-refractivity contribution in [1.82, 2.24) is 4.57 Å². The van der Waals surface area contributed by atoms with Gasteiger partial charge < -0.3 is 9.88 Å². The van der Waals surface area contributed by atoms with E-state index in [1.54, 1.807) is 0 Å². The third-order valence-electron chi connectivity index (χ3n) is 14.4. The molecule has 1 radical (unpaired) electrons. The summed E-state index contributed by atoms with van der Waals surface area (Å²) < 4.78 is 3.91. The van der Waals surface area contributed by atoms with Crippen LogP contribution in [0.2, 0.25) is 0 Å². The fourth-order valence-electron chi connectivity index (χ4n) is 10.8. The quantitative estimate of drug-likeness (QED) is 0.171. The van der Waals surface area contributed by atoms with E-state index >= 15 is 0 Å². The van der Waals surface area contributed by atoms with Crippen LogP contribution in [-0.2, 0) is 16.2 Å². The monoisotopic (exact) mass is 855 g/mol. The molecule has 8 aromatic carbocycles. The van der Waals surface area contributed by atoms with Gasteiger partial charge in [-0.25, -0.2) is 0 Å². The number of hydrogen-bond acceptors (Lipinski definition) is 2. The maximum Gasteiger partial charge on any atom is 0.197 e. The van der Waals surface area contributed by atoms with E-state index in [1.807, 2.05) is 11.3 Å². The average Bonchev–Trinajstić information content (AvgIpc) is 3.91. The number of rotatable bonds is 5. The number of anilines is 2. The van der Waals surface area contributed by atoms with Gasteiger partial charge in [0.1, 0.15) is 0 Å². The van der Waals surface area contributed by atoms with Gasteiger partial charge in [0.25, 0.3) is 0 Å². The van der Waals surface area contributed by atoms with E-state index in [1.165, 1.54) is 115 Å². The zero-order chi connectivity index (χ0) is 44.6. The molecule has 1 aliphatic carbocycles. The molecule has 3 heterocycles. The Morgan fingerprint density at radius 3 is 1.94 bits per heavy atom. The summed E-state index contributed by atoms with van der Waals surface area (Å²) in [7, 11) is 2.49. The predicted octanol–water partition coefficient (Wildman–Crippen LogP) is 15.6. The summed E-state index contributed by atoms with van der Waals surface area (Å²) in [5.74, 6) is 0. The zero-order valence-electron chi connectivity index (χ0n) is 38.5. The van der Waals surface area contributed by atoms with Crippen LogP contribution in [0.25, 0.3) is 81.4 Å². The second kappa shape index (κ2) is 14.2. The highest BCUT2D eigenvalue weighted by Crippen LogP contribution is 2.52. The fraction of sp³-hybridized carbons (Fsp3) is 0.180. The van der Waals surface area contributed by atoms with Crippen LogP contribution in [0.1, 0.15) is 77.6 Å². The van der Waals surface area contributed by atoms with E-state index in [0.29, 0.717) is 0 Å². The molecule has 1 N–H and O–H groups in total. The molecule has 0 spiro atoms. The second-order valence-electron chi connectivity index (χ2n) is 20.9. The number of nitrogens with one attached hydrogen (secondary N) is 1. The van der Waals surface area contributed by atoms with Gasteiger partial charge in [-0.2, -0.15) is 0 Å². The van der Waals surface area contributed by atoms with Crippen molar-refractivity contribution >= 4 is 72.8 Å². The number of hydrogen-bond donors (Lipinski definition) is 1. The van der Waals surface area contributed by atoms with Gasteiger partial charge >= 0.3 is 0 Å². The van der Waals surface area contributed by atoms with Crippen molar-refractivity contribution in [1.29, 1.82) is 0 Å². The maximum atomic E-state index is 3.90. The molecule has 0 fully saturated rings. The summed E-state index contributed by atoms with van der Waals surface area (Å²) in [6.07, 6.45) is 0. The molecule has 0 amide bonds. The third-order valence-corrected chi connectivity index (χ3v) is 15.6. The molecule has 2 aromatic heterocycles. The lowest BCUT2D eigenvalue weighted by Crippen LogP contribution is -2.37. The summed E-state index contributed by atoms with van der Waals surface area (Å²) in [4.78, 5) is 1.30. The summed E-state index contributed by atoms with van der Waals surface area (Å²) >= 11 is 1.91. The maximum absolute atomic E-state index is 3.90. The molecule has 0 unspecified atom stereocenters. The standard InChI is InChI=1S/C61H52BN2S/c1-59(2,3)38-23-26-40(27-24-38)63-51-30-25-39(60(4,5)6)31-45(51)42-28-29-43-46-32-44-41-21-15-16-22-48(41)61(7,8)49(44)34-52(46)64-53-33-47-54(35-50(53)62-56(42)57(43)64)65-58(37-19-13-10-14-20-37)55(47)36-17-11-9-12-18-36/h9-35,63H,1-8H3. The minimum atomic E-state index is -0.129. The van der Waals surface area contributed by atoms with Crippen LogP contribution >= 0.6 is 11.3 Å². The Bertz CT molecular complexity index is 3560. The molecule has 2 aliphatic rings. The lowest BCUT2D eigenvalue weighted by atomic mass is 9.59. The van der Waals surface area contributed by atoms with Crippen LogP contribution in [-0.4, -0.2) is 11.8 Å². The molecule has 0 atom stereocenters. The van der Waals surface area contributed by atoms with Gasteiger partial charge in [-0.05, 0) is 115 Å². The van der Waals surface area contributed by atoms with Crippen LogP contribution < -0.4 is 16.2 Å². The fourth-order valence-corrected chi connectivity index (χ4v) is 12.1. The summed E-state index contributed by atoms with van der Waals surface area (Å²) in [6, 6.07) is 61.8. The Balaban J connectivity index is 1.15. The van der Waals surface area contributed by atoms with Crippen molar-refractivity contribution in [2.24, 2.45) is 0 Å². The van der Waals surface area contributed by atoms with Crippen molar-refractivity contribution in [3.8, 4) is 49.5 Å². The van der Waals surface area contributed by atoms with Gasteiger partial charge in [0.15, 0.2) is 7.28 Å². The highest BCUT2D eigenvalue weighted by Gasteiger charge is 2.37. The molecule has 315 valence electrons. The molecular formula is C61H52BN2S. The lowest BCUT2D eigenvalue weighted by Gasteiger charge is -2.26. The number of fused-ring (bicyclic) bond motifs is 9. The predicted molar refractivity (Wildman–Crippen MR) is 282 cm³/mol. The zero-order valence-corrected chi connectivity index (χ0v) is 39.3. The van der Waals surface area contributed by atoms with Gasteiger partial charge in [-0.3, -0.25) is 0 Å². The SMILES string of the molecule is CC(C)(C)c1ccc(Nc2ccc(C(C)(C)C)cc2-c2ccc3c4cc5c(cc4n4c3c2[B]c2cc3sc(-c6ccccc6)c(-c6ccccc6)c3cc2-4)C(C)(C)c2ccccc2-5)cc1. The smallest absolute Gasteiger partial charge is 0.197 e. The van der Waals surface area contributed by atoms with E-state index in [9.17, 15) is 0 Å². The first-order valence-corrected chi connectivity index (χ1v) is 23.9. The van der Waals surface area contributed by atoms with E-state index in [0.717, 1.165) is 11.4 Å². The van der Waals surface area contributed by atoms with Gasteiger partial charge in [0.2, 0.25) is 0 Å². The van der Waals surface area contributed by atoms with Crippen molar-refractivity contribution in [2.45, 2.75) is 71.6 Å². The number of benzene rings is 8. The number of aromatic nitrogens is 1. The topological polar surface area (TPSA) is 17.0 Å². The van der Waals surface area contributed by atoms with Gasteiger partial charge in [-0.15, -0.1) is 11.3 Å². The Kier molecular flexibility index (Phi) is 8.72. The highest BCUT2D eigenvalue weighted by molar-refractivity contribution is 7.23. The molecule has 4 heteroatoms. The summed E-state index contributed by atoms with van der Waals surface area (Å²) in [5, 5.41) is 7.76. The van der Waals surface area contributed by atoms with Crippen molar-refractivity contribution in [3.63, 3.8) is 0 Å². The Morgan fingerprint density at radius 2 is 1.22 bits per heavy atom. The first kappa shape index (κ1) is 39.9. The van der Waals surface area contributed by atoms with Crippen molar-refractivity contribution in [2.75, 3.05) is 5.32 Å². The molecule has 1 aliphatic heterocycles. The largest absolute Gasteiger partial charge is 0.355 e. The van der Waals surface area contributed by atoms with Gasteiger partial charge in [0.05, 0.1) is 5.52 Å².